The Balaban J connectivity index is 1.71. The fourth-order valence-corrected chi connectivity index (χ4v) is 3.55. The van der Waals surface area contributed by atoms with Crippen LogP contribution in [-0.4, -0.2) is 46.0 Å². The second kappa shape index (κ2) is 12.5. The van der Waals surface area contributed by atoms with E-state index in [-0.39, 0.29) is 18.5 Å². The van der Waals surface area contributed by atoms with E-state index in [1.807, 2.05) is 55.1 Å². The first kappa shape index (κ1) is 25.0. The number of hydrogen-bond donors (Lipinski definition) is 1. The number of anilines is 1. The maximum atomic E-state index is 13.4. The van der Waals surface area contributed by atoms with Gasteiger partial charge in [-0.15, -0.1) is 0 Å². The van der Waals surface area contributed by atoms with Crippen LogP contribution >= 0.6 is 0 Å². The molecule has 0 unspecified atom stereocenters. The van der Waals surface area contributed by atoms with E-state index in [9.17, 15) is 9.59 Å². The monoisotopic (exact) mass is 466 g/mol. The first-order chi connectivity index (χ1) is 16.5. The van der Waals surface area contributed by atoms with Gasteiger partial charge in [0.2, 0.25) is 5.91 Å². The highest BCUT2D eigenvalue weighted by Crippen LogP contribution is 2.17. The predicted molar refractivity (Wildman–Crippen MR) is 131 cm³/mol. The van der Waals surface area contributed by atoms with Crippen molar-refractivity contribution < 1.29 is 18.7 Å². The van der Waals surface area contributed by atoms with E-state index in [1.165, 1.54) is 0 Å². The number of nitrogens with one attached hydrogen (secondary N) is 1. The molecule has 1 N–H and O–H groups in total. The summed E-state index contributed by atoms with van der Waals surface area (Å²) in [4.78, 5) is 29.7. The number of carbonyl (C=O) groups excluding carboxylic acids is 2. The quantitative estimate of drug-likeness (QED) is 0.413. The number of unbranched alkanes of at least 4 members (excludes halogenated alkanes) is 1. The molecule has 0 aliphatic carbocycles. The van der Waals surface area contributed by atoms with E-state index in [0.717, 1.165) is 24.3 Å². The lowest BCUT2D eigenvalue weighted by Gasteiger charge is -2.27. The molecule has 3 amide bonds. The smallest absolute Gasteiger partial charge is 0.322 e. The summed E-state index contributed by atoms with van der Waals surface area (Å²) in [6, 6.07) is 14.5. The lowest BCUT2D eigenvalue weighted by atomic mass is 10.2. The van der Waals surface area contributed by atoms with Gasteiger partial charge in [0.1, 0.15) is 18.1 Å². The molecule has 8 nitrogen and oxygen atoms in total. The van der Waals surface area contributed by atoms with Crippen LogP contribution in [0, 0.1) is 0 Å². The predicted octanol–water partition coefficient (Wildman–Crippen LogP) is 4.88. The van der Waals surface area contributed by atoms with E-state index in [2.05, 4.69) is 12.2 Å². The molecule has 0 aliphatic heterocycles. The number of furan rings is 1. The Morgan fingerprint density at radius 1 is 1.03 bits per heavy atom. The lowest BCUT2D eigenvalue weighted by molar-refractivity contribution is -0.133. The molecule has 2 aromatic heterocycles. The van der Waals surface area contributed by atoms with Crippen LogP contribution in [0.3, 0.4) is 0 Å². The molecule has 0 fully saturated rings. The van der Waals surface area contributed by atoms with Crippen molar-refractivity contribution in [2.24, 2.45) is 7.05 Å². The molecule has 0 saturated carbocycles. The maximum Gasteiger partial charge on any atom is 0.322 e. The van der Waals surface area contributed by atoms with Crippen molar-refractivity contribution in [1.29, 1.82) is 0 Å². The van der Waals surface area contributed by atoms with Crippen molar-refractivity contribution in [3.63, 3.8) is 0 Å². The molecule has 3 rings (SSSR count). The first-order valence-corrected chi connectivity index (χ1v) is 11.7. The average Bonchev–Trinajstić information content (AvgIpc) is 3.49. The highest BCUT2D eigenvalue weighted by Gasteiger charge is 2.23. The number of ether oxygens (including phenoxy) is 1. The Morgan fingerprint density at radius 3 is 2.44 bits per heavy atom. The van der Waals surface area contributed by atoms with Crippen LogP contribution in [-0.2, 0) is 24.9 Å². The third kappa shape index (κ3) is 7.16. The van der Waals surface area contributed by atoms with Gasteiger partial charge in [-0.1, -0.05) is 13.3 Å². The minimum Gasteiger partial charge on any atom is -0.494 e. The van der Waals surface area contributed by atoms with Crippen LogP contribution in [0.5, 0.6) is 5.75 Å². The zero-order chi connectivity index (χ0) is 24.3. The van der Waals surface area contributed by atoms with E-state index < -0.39 is 0 Å². The Labute approximate surface area is 201 Å². The number of aryl methyl sites for hydroxylation is 1. The number of benzene rings is 1. The lowest BCUT2D eigenvalue weighted by Crippen LogP contribution is -2.44. The summed E-state index contributed by atoms with van der Waals surface area (Å²) in [5.74, 6) is 1.30. The summed E-state index contributed by atoms with van der Waals surface area (Å²) in [6.45, 7) is 5.78. The molecule has 0 spiro atoms. The van der Waals surface area contributed by atoms with Crippen LogP contribution in [0.25, 0.3) is 0 Å². The van der Waals surface area contributed by atoms with Crippen molar-refractivity contribution >= 4 is 17.6 Å². The van der Waals surface area contributed by atoms with Crippen molar-refractivity contribution in [2.45, 2.75) is 39.8 Å². The van der Waals surface area contributed by atoms with Crippen LogP contribution in [0.4, 0.5) is 10.5 Å². The number of nitrogens with zero attached hydrogens (tertiary/aromatic N) is 3. The highest BCUT2D eigenvalue weighted by atomic mass is 16.5. The zero-order valence-corrected chi connectivity index (χ0v) is 20.2. The molecular weight excluding hydrogens is 432 g/mol. The van der Waals surface area contributed by atoms with Gasteiger partial charge in [-0.05, 0) is 61.9 Å². The molecule has 0 bridgehead atoms. The second-order valence-electron chi connectivity index (χ2n) is 8.10. The number of carbonyl (C=O) groups is 2. The van der Waals surface area contributed by atoms with Crippen LogP contribution < -0.4 is 10.1 Å². The fraction of sp³-hybridized carbons (Fsp3) is 0.385. The maximum absolute atomic E-state index is 13.4. The Hall–Kier alpha value is -3.68. The minimum atomic E-state index is -0.303. The van der Waals surface area contributed by atoms with E-state index in [0.29, 0.717) is 37.7 Å². The van der Waals surface area contributed by atoms with Crippen LogP contribution in [0.2, 0.25) is 0 Å². The number of amides is 3. The van der Waals surface area contributed by atoms with Gasteiger partial charge >= 0.3 is 6.03 Å². The highest BCUT2D eigenvalue weighted by molar-refractivity contribution is 5.92. The van der Waals surface area contributed by atoms with Gasteiger partial charge in [0, 0.05) is 31.2 Å². The molecule has 1 aromatic carbocycles. The van der Waals surface area contributed by atoms with Crippen molar-refractivity contribution in [1.82, 2.24) is 14.4 Å². The molecule has 0 saturated heterocycles. The Bertz CT molecular complexity index is 1030. The summed E-state index contributed by atoms with van der Waals surface area (Å²) in [7, 11) is 1.95. The summed E-state index contributed by atoms with van der Waals surface area (Å²) in [5, 5.41) is 2.90. The molecule has 0 radical (unpaired) electrons. The van der Waals surface area contributed by atoms with E-state index in [1.54, 1.807) is 34.3 Å². The molecule has 182 valence electrons. The van der Waals surface area contributed by atoms with E-state index in [4.69, 9.17) is 9.15 Å². The third-order valence-electron chi connectivity index (χ3n) is 5.50. The van der Waals surface area contributed by atoms with Gasteiger partial charge in [0.05, 0.1) is 26.0 Å². The van der Waals surface area contributed by atoms with Gasteiger partial charge in [0.25, 0.3) is 0 Å². The standard InChI is InChI=1S/C26H34N4O4/c1-4-6-16-29(26(32)27-21-11-13-23(14-12-21)33-5-2)20-25(31)30(19-24-10-8-17-34-24)18-22-9-7-15-28(22)3/h7-15,17H,4-6,16,18-20H2,1-3H3,(H,27,32). The molecule has 0 atom stereocenters. The zero-order valence-electron chi connectivity index (χ0n) is 20.2. The van der Waals surface area contributed by atoms with Crippen LogP contribution in [0.1, 0.15) is 38.1 Å². The normalized spacial score (nSPS) is 10.7. The minimum absolute atomic E-state index is 0.0198. The summed E-state index contributed by atoms with van der Waals surface area (Å²) >= 11 is 0. The molecule has 0 aliphatic rings. The molecule has 3 aromatic rings. The summed E-state index contributed by atoms with van der Waals surface area (Å²) in [5.41, 5.74) is 1.65. The number of hydrogen-bond acceptors (Lipinski definition) is 4. The van der Waals surface area contributed by atoms with Gasteiger partial charge < -0.3 is 28.8 Å². The molecule has 34 heavy (non-hydrogen) atoms. The number of rotatable bonds is 12. The van der Waals surface area contributed by atoms with Gasteiger partial charge in [-0.2, -0.15) is 0 Å². The second-order valence-corrected chi connectivity index (χ2v) is 8.10. The Kier molecular flexibility index (Phi) is 9.20. The van der Waals surface area contributed by atoms with Gasteiger partial charge in [0.15, 0.2) is 0 Å². The largest absolute Gasteiger partial charge is 0.494 e. The van der Waals surface area contributed by atoms with Gasteiger partial charge in [-0.3, -0.25) is 4.79 Å². The SMILES string of the molecule is CCCCN(CC(=O)N(Cc1ccco1)Cc1cccn1C)C(=O)Nc1ccc(OCC)cc1. The van der Waals surface area contributed by atoms with Gasteiger partial charge in [-0.25, -0.2) is 4.79 Å². The molecule has 2 heterocycles. The fourth-order valence-electron chi connectivity index (χ4n) is 3.55. The van der Waals surface area contributed by atoms with Crippen molar-refractivity contribution in [2.75, 3.05) is 25.0 Å². The third-order valence-corrected chi connectivity index (χ3v) is 5.50. The summed E-state index contributed by atoms with van der Waals surface area (Å²) < 4.78 is 12.9. The van der Waals surface area contributed by atoms with Crippen molar-refractivity contribution in [3.8, 4) is 5.75 Å². The number of aromatic nitrogens is 1. The molecular formula is C26H34N4O4. The van der Waals surface area contributed by atoms with Crippen molar-refractivity contribution in [3.05, 3.63) is 72.4 Å². The average molecular weight is 467 g/mol. The molecule has 8 heteroatoms. The summed E-state index contributed by atoms with van der Waals surface area (Å²) in [6.07, 6.45) is 5.27. The van der Waals surface area contributed by atoms with E-state index >= 15 is 0 Å². The number of urea groups is 1. The topological polar surface area (TPSA) is 80.0 Å². The Morgan fingerprint density at radius 2 is 1.82 bits per heavy atom. The van der Waals surface area contributed by atoms with Crippen LogP contribution in [0.15, 0.2) is 65.4 Å². The first-order valence-electron chi connectivity index (χ1n) is 11.7.